The normalized spacial score (nSPS) is 13.7. The highest BCUT2D eigenvalue weighted by Gasteiger charge is 2.24. The summed E-state index contributed by atoms with van der Waals surface area (Å²) in [6, 6.07) is 8.05. The summed E-state index contributed by atoms with van der Waals surface area (Å²) in [6.07, 6.45) is 3.96. The van der Waals surface area contributed by atoms with Crippen molar-refractivity contribution < 1.29 is 9.59 Å². The molecule has 1 aromatic rings. The van der Waals surface area contributed by atoms with E-state index in [2.05, 4.69) is 13.0 Å². The largest absolute Gasteiger partial charge is 0.334 e. The molecule has 0 spiro atoms. The minimum atomic E-state index is -0.0258. The number of carbonyl (C=O) groups is 2. The van der Waals surface area contributed by atoms with E-state index < -0.39 is 0 Å². The average Bonchev–Trinajstić information content (AvgIpc) is 2.50. The molecule has 0 bridgehead atoms. The Bertz CT molecular complexity index is 513. The molecule has 1 aliphatic rings. The third kappa shape index (κ3) is 3.84. The lowest BCUT2D eigenvalue weighted by molar-refractivity contribution is -0.133. The van der Waals surface area contributed by atoms with Crippen molar-refractivity contribution in [2.75, 3.05) is 24.5 Å². The van der Waals surface area contributed by atoms with Gasteiger partial charge in [-0.05, 0) is 30.9 Å². The molecule has 4 heteroatoms. The lowest BCUT2D eigenvalue weighted by Gasteiger charge is -2.31. The van der Waals surface area contributed by atoms with Crippen molar-refractivity contribution in [3.8, 4) is 0 Å². The number of unbranched alkanes of at least 4 members (excludes halogenated alkanes) is 1. The van der Waals surface area contributed by atoms with Crippen LogP contribution >= 0.6 is 0 Å². The maximum Gasteiger partial charge on any atom is 0.246 e. The molecule has 1 aliphatic heterocycles. The maximum absolute atomic E-state index is 12.6. The molecule has 0 radical (unpaired) electrons. The Morgan fingerprint density at radius 1 is 1.29 bits per heavy atom. The van der Waals surface area contributed by atoms with Crippen LogP contribution < -0.4 is 4.90 Å². The minimum Gasteiger partial charge on any atom is -0.334 e. The zero-order valence-electron chi connectivity index (χ0n) is 13.0. The van der Waals surface area contributed by atoms with Gasteiger partial charge in [0.2, 0.25) is 11.8 Å². The summed E-state index contributed by atoms with van der Waals surface area (Å²) in [5.41, 5.74) is 2.23. The Kier molecular flexibility index (Phi) is 5.37. The Hall–Kier alpha value is -1.84. The lowest BCUT2D eigenvalue weighted by Crippen LogP contribution is -2.44. The first-order valence-corrected chi connectivity index (χ1v) is 7.77. The topological polar surface area (TPSA) is 40.6 Å². The van der Waals surface area contributed by atoms with Gasteiger partial charge in [-0.1, -0.05) is 31.5 Å². The number of aryl methyl sites for hydroxylation is 1. The molecule has 4 nitrogen and oxygen atoms in total. The Balaban J connectivity index is 2.08. The van der Waals surface area contributed by atoms with Gasteiger partial charge in [0.15, 0.2) is 0 Å². The van der Waals surface area contributed by atoms with Crippen molar-refractivity contribution in [1.82, 2.24) is 4.90 Å². The summed E-state index contributed by atoms with van der Waals surface area (Å²) < 4.78 is 0. The van der Waals surface area contributed by atoms with Crippen molar-refractivity contribution in [1.29, 1.82) is 0 Å². The Labute approximate surface area is 126 Å². The van der Waals surface area contributed by atoms with Gasteiger partial charge in [0.1, 0.15) is 6.54 Å². The summed E-state index contributed by atoms with van der Waals surface area (Å²) in [5, 5.41) is 0. The van der Waals surface area contributed by atoms with Crippen LogP contribution in [0.4, 0.5) is 5.69 Å². The van der Waals surface area contributed by atoms with Gasteiger partial charge in [0.05, 0.1) is 0 Å². The fraction of sp³-hybridized carbons (Fsp3) is 0.529. The molecular weight excluding hydrogens is 264 g/mol. The fourth-order valence-electron chi connectivity index (χ4n) is 2.74. The van der Waals surface area contributed by atoms with Crippen LogP contribution in [0.15, 0.2) is 24.3 Å². The number of carbonyl (C=O) groups excluding carboxylic acids is 2. The van der Waals surface area contributed by atoms with E-state index in [4.69, 9.17) is 0 Å². The predicted octanol–water partition coefficient (Wildman–Crippen LogP) is 2.61. The third-order valence-electron chi connectivity index (χ3n) is 3.96. The van der Waals surface area contributed by atoms with Crippen molar-refractivity contribution in [3.05, 3.63) is 29.8 Å². The molecule has 114 valence electrons. The number of anilines is 1. The van der Waals surface area contributed by atoms with Gasteiger partial charge < -0.3 is 9.80 Å². The first kappa shape index (κ1) is 15.5. The lowest BCUT2D eigenvalue weighted by atomic mass is 10.0. The predicted molar refractivity (Wildman–Crippen MR) is 84.3 cm³/mol. The van der Waals surface area contributed by atoms with Crippen molar-refractivity contribution in [2.24, 2.45) is 0 Å². The summed E-state index contributed by atoms with van der Waals surface area (Å²) in [6.45, 7) is 5.21. The molecule has 21 heavy (non-hydrogen) atoms. The Morgan fingerprint density at radius 2 is 2.05 bits per heavy atom. The van der Waals surface area contributed by atoms with Crippen LogP contribution in [0.3, 0.4) is 0 Å². The molecule has 0 aromatic heterocycles. The maximum atomic E-state index is 12.6. The van der Waals surface area contributed by atoms with Crippen LogP contribution in [0.25, 0.3) is 0 Å². The first-order chi connectivity index (χ1) is 10.1. The average molecular weight is 288 g/mol. The highest BCUT2D eigenvalue weighted by Crippen LogP contribution is 2.26. The van der Waals surface area contributed by atoms with E-state index >= 15 is 0 Å². The smallest absolute Gasteiger partial charge is 0.246 e. The van der Waals surface area contributed by atoms with Crippen molar-refractivity contribution in [2.45, 2.75) is 39.5 Å². The molecule has 0 saturated carbocycles. The quantitative estimate of drug-likeness (QED) is 0.835. The molecule has 0 N–H and O–H groups in total. The highest BCUT2D eigenvalue weighted by atomic mass is 16.2. The van der Waals surface area contributed by atoms with Crippen LogP contribution in [0.2, 0.25) is 0 Å². The summed E-state index contributed by atoms with van der Waals surface area (Å²) in [5.74, 6) is -0.00412. The zero-order valence-corrected chi connectivity index (χ0v) is 13.0. The number of amides is 2. The SMILES string of the molecule is CCCCN(CC(=O)N1CCCc2ccccc21)C(C)=O. The highest BCUT2D eigenvalue weighted by molar-refractivity contribution is 5.97. The van der Waals surface area contributed by atoms with Crippen LogP contribution in [0, 0.1) is 0 Å². The van der Waals surface area contributed by atoms with E-state index in [-0.39, 0.29) is 18.4 Å². The van der Waals surface area contributed by atoms with Gasteiger partial charge in [-0.15, -0.1) is 0 Å². The molecule has 0 fully saturated rings. The molecule has 0 saturated heterocycles. The first-order valence-electron chi connectivity index (χ1n) is 7.77. The standard InChI is InChI=1S/C17H24N2O2/c1-3-4-11-18(14(2)20)13-17(21)19-12-7-9-15-8-5-6-10-16(15)19/h5-6,8,10H,3-4,7,9,11-13H2,1-2H3. The summed E-state index contributed by atoms with van der Waals surface area (Å²) >= 11 is 0. The molecule has 0 aliphatic carbocycles. The molecule has 0 unspecified atom stereocenters. The second kappa shape index (κ2) is 7.25. The second-order valence-electron chi connectivity index (χ2n) is 5.57. The summed E-state index contributed by atoms with van der Waals surface area (Å²) in [7, 11) is 0. The summed E-state index contributed by atoms with van der Waals surface area (Å²) in [4.78, 5) is 27.7. The van der Waals surface area contributed by atoms with E-state index in [0.29, 0.717) is 6.54 Å². The van der Waals surface area contributed by atoms with Gasteiger partial charge in [-0.3, -0.25) is 9.59 Å². The van der Waals surface area contributed by atoms with E-state index in [1.54, 1.807) is 4.90 Å². The zero-order chi connectivity index (χ0) is 15.2. The fourth-order valence-corrected chi connectivity index (χ4v) is 2.74. The third-order valence-corrected chi connectivity index (χ3v) is 3.96. The van der Waals surface area contributed by atoms with Gasteiger partial charge in [-0.25, -0.2) is 0 Å². The van der Waals surface area contributed by atoms with Crippen LogP contribution in [0.5, 0.6) is 0 Å². The number of nitrogens with zero attached hydrogens (tertiary/aromatic N) is 2. The number of hydrogen-bond donors (Lipinski definition) is 0. The number of hydrogen-bond acceptors (Lipinski definition) is 2. The molecule has 1 heterocycles. The molecular formula is C17H24N2O2. The molecule has 2 rings (SSSR count). The van der Waals surface area contributed by atoms with E-state index in [1.165, 1.54) is 12.5 Å². The van der Waals surface area contributed by atoms with E-state index in [1.807, 2.05) is 23.1 Å². The van der Waals surface area contributed by atoms with Gasteiger partial charge >= 0.3 is 0 Å². The molecule has 1 aromatic carbocycles. The van der Waals surface area contributed by atoms with Crippen molar-refractivity contribution >= 4 is 17.5 Å². The Morgan fingerprint density at radius 3 is 2.76 bits per heavy atom. The number of fused-ring (bicyclic) bond motifs is 1. The van der Waals surface area contributed by atoms with Gasteiger partial charge in [0, 0.05) is 25.7 Å². The minimum absolute atomic E-state index is 0.0217. The molecule has 2 amide bonds. The second-order valence-corrected chi connectivity index (χ2v) is 5.57. The van der Waals surface area contributed by atoms with E-state index in [9.17, 15) is 9.59 Å². The monoisotopic (exact) mass is 288 g/mol. The van der Waals surface area contributed by atoms with Gasteiger partial charge in [0.25, 0.3) is 0 Å². The number of benzene rings is 1. The number of rotatable bonds is 5. The van der Waals surface area contributed by atoms with Crippen LogP contribution in [-0.4, -0.2) is 36.3 Å². The molecule has 0 atom stereocenters. The van der Waals surface area contributed by atoms with Gasteiger partial charge in [-0.2, -0.15) is 0 Å². The van der Waals surface area contributed by atoms with Crippen molar-refractivity contribution in [3.63, 3.8) is 0 Å². The van der Waals surface area contributed by atoms with Crippen LogP contribution in [0.1, 0.15) is 38.7 Å². The van der Waals surface area contributed by atoms with Crippen LogP contribution in [-0.2, 0) is 16.0 Å². The number of para-hydroxylation sites is 1. The van der Waals surface area contributed by atoms with E-state index in [0.717, 1.165) is 37.9 Å².